The number of methoxy groups -OCH3 is 1. The van der Waals surface area contributed by atoms with E-state index in [9.17, 15) is 13.2 Å². The summed E-state index contributed by atoms with van der Waals surface area (Å²) in [6.07, 6.45) is 0. The smallest absolute Gasteiger partial charge is 0.337 e. The molecule has 0 radical (unpaired) electrons. The van der Waals surface area contributed by atoms with Crippen LogP contribution in [0.15, 0.2) is 71.6 Å². The number of aryl methyl sites for hydroxylation is 1. The number of esters is 1. The molecule has 0 atom stereocenters. The van der Waals surface area contributed by atoms with Gasteiger partial charge in [0.25, 0.3) is 10.0 Å². The summed E-state index contributed by atoms with van der Waals surface area (Å²) in [5.41, 5.74) is 2.98. The van der Waals surface area contributed by atoms with Crippen molar-refractivity contribution >= 4 is 39.0 Å². The molecule has 2 N–H and O–H groups in total. The number of benzene rings is 3. The molecule has 0 aliphatic rings. The average molecular weight is 445 g/mol. The minimum atomic E-state index is -4.00. The lowest BCUT2D eigenvalue weighted by Gasteiger charge is -2.15. The van der Waals surface area contributed by atoms with Crippen LogP contribution >= 0.6 is 11.6 Å². The van der Waals surface area contributed by atoms with Crippen molar-refractivity contribution in [2.24, 2.45) is 0 Å². The maximum absolute atomic E-state index is 13.1. The molecule has 0 saturated heterocycles. The number of hydrogen-bond donors (Lipinski definition) is 2. The van der Waals surface area contributed by atoms with Crippen LogP contribution in [0.25, 0.3) is 0 Å². The molecule has 0 aliphatic heterocycles. The van der Waals surface area contributed by atoms with Gasteiger partial charge in [-0.05, 0) is 55.0 Å². The van der Waals surface area contributed by atoms with E-state index in [2.05, 4.69) is 10.0 Å². The molecular weight excluding hydrogens is 424 g/mol. The van der Waals surface area contributed by atoms with Gasteiger partial charge in [-0.2, -0.15) is 0 Å². The highest BCUT2D eigenvalue weighted by Gasteiger charge is 2.21. The van der Waals surface area contributed by atoms with Gasteiger partial charge in [-0.3, -0.25) is 4.72 Å². The summed E-state index contributed by atoms with van der Waals surface area (Å²) in [6.45, 7) is 2.41. The van der Waals surface area contributed by atoms with Crippen LogP contribution in [0.1, 0.15) is 21.5 Å². The monoisotopic (exact) mass is 444 g/mol. The Kier molecular flexibility index (Phi) is 6.64. The summed E-state index contributed by atoms with van der Waals surface area (Å²) < 4.78 is 33.4. The number of nitrogens with one attached hydrogen (secondary N) is 2. The second-order valence-corrected chi connectivity index (χ2v) is 8.74. The third kappa shape index (κ3) is 5.31. The molecule has 0 aliphatic carbocycles. The van der Waals surface area contributed by atoms with Gasteiger partial charge in [-0.15, -0.1) is 0 Å². The first-order valence-corrected chi connectivity index (χ1v) is 10.9. The second kappa shape index (κ2) is 9.19. The summed E-state index contributed by atoms with van der Waals surface area (Å²) in [7, 11) is -2.75. The topological polar surface area (TPSA) is 84.5 Å². The molecule has 0 heterocycles. The fourth-order valence-corrected chi connectivity index (χ4v) is 4.16. The SMILES string of the molecule is COC(=O)c1ccc(NCc2ccc(C)cc2)c(S(=O)(=O)Nc2ccc(Cl)cc2)c1. The summed E-state index contributed by atoms with van der Waals surface area (Å²) in [4.78, 5) is 11.9. The molecule has 3 rings (SSSR count). The van der Waals surface area contributed by atoms with E-state index < -0.39 is 16.0 Å². The third-order valence-electron chi connectivity index (χ3n) is 4.39. The fourth-order valence-electron chi connectivity index (χ4n) is 2.77. The molecule has 0 saturated carbocycles. The number of rotatable bonds is 7. The van der Waals surface area contributed by atoms with Gasteiger partial charge in [-0.1, -0.05) is 41.4 Å². The van der Waals surface area contributed by atoms with Crippen LogP contribution in [0.3, 0.4) is 0 Å². The van der Waals surface area contributed by atoms with Crippen molar-refractivity contribution in [3.05, 3.63) is 88.4 Å². The normalized spacial score (nSPS) is 11.0. The van der Waals surface area contributed by atoms with Gasteiger partial charge in [0.05, 0.1) is 18.4 Å². The summed E-state index contributed by atoms with van der Waals surface area (Å²) in [6, 6.07) is 18.5. The summed E-state index contributed by atoms with van der Waals surface area (Å²) in [5, 5.41) is 3.63. The van der Waals surface area contributed by atoms with Gasteiger partial charge < -0.3 is 10.1 Å². The number of hydrogen-bond acceptors (Lipinski definition) is 5. The lowest BCUT2D eigenvalue weighted by Crippen LogP contribution is -2.16. The van der Waals surface area contributed by atoms with E-state index in [-0.39, 0.29) is 10.5 Å². The van der Waals surface area contributed by atoms with E-state index in [4.69, 9.17) is 16.3 Å². The number of anilines is 2. The Balaban J connectivity index is 1.94. The zero-order chi connectivity index (χ0) is 21.7. The second-order valence-electron chi connectivity index (χ2n) is 6.65. The minimum Gasteiger partial charge on any atom is -0.465 e. The highest BCUT2D eigenvalue weighted by molar-refractivity contribution is 7.92. The molecule has 3 aromatic rings. The molecule has 0 bridgehead atoms. The lowest BCUT2D eigenvalue weighted by atomic mass is 10.1. The Bertz CT molecular complexity index is 1140. The zero-order valence-electron chi connectivity index (χ0n) is 16.5. The van der Waals surface area contributed by atoms with E-state index in [1.807, 2.05) is 31.2 Å². The van der Waals surface area contributed by atoms with E-state index in [1.165, 1.54) is 19.2 Å². The maximum Gasteiger partial charge on any atom is 0.337 e. The van der Waals surface area contributed by atoms with E-state index in [1.54, 1.807) is 30.3 Å². The maximum atomic E-state index is 13.1. The Labute approximate surface area is 180 Å². The van der Waals surface area contributed by atoms with Gasteiger partial charge >= 0.3 is 5.97 Å². The lowest BCUT2D eigenvalue weighted by molar-refractivity contribution is 0.0600. The van der Waals surface area contributed by atoms with E-state index in [0.717, 1.165) is 11.1 Å². The van der Waals surface area contributed by atoms with Gasteiger partial charge in [0.2, 0.25) is 0 Å². The van der Waals surface area contributed by atoms with E-state index in [0.29, 0.717) is 22.9 Å². The van der Waals surface area contributed by atoms with Gasteiger partial charge in [0, 0.05) is 17.3 Å². The summed E-state index contributed by atoms with van der Waals surface area (Å²) in [5.74, 6) is -0.622. The fraction of sp³-hybridized carbons (Fsp3) is 0.136. The average Bonchev–Trinajstić information content (AvgIpc) is 2.74. The number of ether oxygens (including phenoxy) is 1. The van der Waals surface area contributed by atoms with Crippen LogP contribution < -0.4 is 10.0 Å². The molecular formula is C22H21ClN2O4S. The Morgan fingerprint density at radius 1 is 1.00 bits per heavy atom. The Hall–Kier alpha value is -3.03. The van der Waals surface area contributed by atoms with Gasteiger partial charge in [0.15, 0.2) is 0 Å². The van der Waals surface area contributed by atoms with Crippen molar-refractivity contribution in [1.29, 1.82) is 0 Å². The van der Waals surface area contributed by atoms with Crippen LogP contribution in [-0.2, 0) is 21.3 Å². The highest BCUT2D eigenvalue weighted by Crippen LogP contribution is 2.27. The predicted molar refractivity (Wildman–Crippen MR) is 119 cm³/mol. The van der Waals surface area contributed by atoms with Gasteiger partial charge in [-0.25, -0.2) is 13.2 Å². The van der Waals surface area contributed by atoms with Crippen molar-refractivity contribution in [3.63, 3.8) is 0 Å². The zero-order valence-corrected chi connectivity index (χ0v) is 18.0. The standard InChI is InChI=1S/C22H21ClN2O4S/c1-15-3-5-16(6-4-15)14-24-20-12-7-17(22(26)29-2)13-21(20)30(27,28)25-19-10-8-18(23)9-11-19/h3-13,24-25H,14H2,1-2H3. The largest absolute Gasteiger partial charge is 0.465 e. The first-order valence-electron chi connectivity index (χ1n) is 9.08. The number of carbonyl (C=O) groups excluding carboxylic acids is 1. The van der Waals surface area contributed by atoms with Crippen LogP contribution in [-0.4, -0.2) is 21.5 Å². The molecule has 6 nitrogen and oxygen atoms in total. The molecule has 0 aromatic heterocycles. The molecule has 156 valence electrons. The van der Waals surface area contributed by atoms with E-state index >= 15 is 0 Å². The Morgan fingerprint density at radius 2 is 1.67 bits per heavy atom. The number of carbonyl (C=O) groups is 1. The van der Waals surface area contributed by atoms with Crippen molar-refractivity contribution in [1.82, 2.24) is 0 Å². The van der Waals surface area contributed by atoms with Crippen LogP contribution in [0.4, 0.5) is 11.4 Å². The quantitative estimate of drug-likeness (QED) is 0.509. The predicted octanol–water partition coefficient (Wildman–Crippen LogP) is 4.85. The van der Waals surface area contributed by atoms with Crippen molar-refractivity contribution in [2.75, 3.05) is 17.1 Å². The number of sulfonamides is 1. The molecule has 8 heteroatoms. The summed E-state index contributed by atoms with van der Waals surface area (Å²) >= 11 is 5.87. The number of halogens is 1. The first-order chi connectivity index (χ1) is 14.3. The van der Waals surface area contributed by atoms with Crippen molar-refractivity contribution in [2.45, 2.75) is 18.4 Å². The molecule has 30 heavy (non-hydrogen) atoms. The third-order valence-corrected chi connectivity index (χ3v) is 6.07. The minimum absolute atomic E-state index is 0.0625. The van der Waals surface area contributed by atoms with Crippen LogP contribution in [0.2, 0.25) is 5.02 Å². The molecule has 0 spiro atoms. The van der Waals surface area contributed by atoms with Crippen molar-refractivity contribution < 1.29 is 17.9 Å². The highest BCUT2D eigenvalue weighted by atomic mass is 35.5. The Morgan fingerprint density at radius 3 is 2.30 bits per heavy atom. The van der Waals surface area contributed by atoms with Gasteiger partial charge in [0.1, 0.15) is 4.90 Å². The molecule has 0 amide bonds. The van der Waals surface area contributed by atoms with Crippen molar-refractivity contribution in [3.8, 4) is 0 Å². The molecule has 0 unspecified atom stereocenters. The molecule has 0 fully saturated rings. The molecule has 3 aromatic carbocycles. The van der Waals surface area contributed by atoms with Crippen LogP contribution in [0.5, 0.6) is 0 Å². The first kappa shape index (κ1) is 21.7. The van der Waals surface area contributed by atoms with Crippen LogP contribution in [0, 0.1) is 6.92 Å².